The van der Waals surface area contributed by atoms with Gasteiger partial charge >= 0.3 is 0 Å². The number of allylic oxidation sites excluding steroid dienone is 10. The molecule has 0 saturated carbocycles. The van der Waals surface area contributed by atoms with E-state index in [9.17, 15) is 0 Å². The Morgan fingerprint density at radius 1 is 1.17 bits per heavy atom. The summed E-state index contributed by atoms with van der Waals surface area (Å²) in [6.45, 7) is 13.1. The van der Waals surface area contributed by atoms with Crippen LogP contribution in [0.15, 0.2) is 58.7 Å². The van der Waals surface area contributed by atoms with Gasteiger partial charge in [-0.2, -0.15) is 0 Å². The molecule has 0 atom stereocenters. The van der Waals surface area contributed by atoms with Gasteiger partial charge in [-0.05, 0) is 57.9 Å². The lowest BCUT2D eigenvalue weighted by atomic mass is 9.72. The zero-order valence-electron chi connectivity index (χ0n) is 15.5. The summed E-state index contributed by atoms with van der Waals surface area (Å²) in [5, 5.41) is 6.89. The zero-order chi connectivity index (χ0) is 17.9. The Morgan fingerprint density at radius 2 is 1.78 bits per heavy atom. The van der Waals surface area contributed by atoms with E-state index in [1.807, 2.05) is 0 Å². The molecule has 0 aromatic carbocycles. The summed E-state index contributed by atoms with van der Waals surface area (Å²) < 4.78 is 0. The van der Waals surface area contributed by atoms with Gasteiger partial charge in [0.1, 0.15) is 0 Å². The average Bonchev–Trinajstić information content (AvgIpc) is 2.46. The third-order valence-corrected chi connectivity index (χ3v) is 4.23. The summed E-state index contributed by atoms with van der Waals surface area (Å²) >= 11 is 0. The highest BCUT2D eigenvalue weighted by Crippen LogP contribution is 2.40. The molecule has 0 unspecified atom stereocenters. The lowest BCUT2D eigenvalue weighted by Gasteiger charge is -2.32. The highest BCUT2D eigenvalue weighted by Gasteiger charge is 2.26. The molecule has 1 rings (SSSR count). The molecule has 2 nitrogen and oxygen atoms in total. The molecule has 1 aliphatic carbocycles. The van der Waals surface area contributed by atoms with Crippen LogP contribution >= 0.6 is 0 Å². The van der Waals surface area contributed by atoms with Crippen molar-refractivity contribution in [2.24, 2.45) is 5.41 Å². The molecule has 0 amide bonds. The van der Waals surface area contributed by atoms with Gasteiger partial charge in [-0.25, -0.2) is 0 Å². The van der Waals surface area contributed by atoms with Crippen molar-refractivity contribution in [1.29, 1.82) is 0 Å². The lowest BCUT2D eigenvalue weighted by Crippen LogP contribution is -2.19. The lowest BCUT2D eigenvalue weighted by molar-refractivity contribution is -0.122. The Bertz CT molecular complexity index is 526. The highest BCUT2D eigenvalue weighted by atomic mass is 16.3. The molecule has 0 aromatic rings. The summed E-state index contributed by atoms with van der Waals surface area (Å²) in [6, 6.07) is 0. The minimum absolute atomic E-state index is 0.250. The minimum Gasteiger partial charge on any atom is -0.483 e. The summed E-state index contributed by atoms with van der Waals surface area (Å²) in [4.78, 5) is 8.36. The van der Waals surface area contributed by atoms with Gasteiger partial charge in [-0.15, -0.1) is 0 Å². The van der Waals surface area contributed by atoms with E-state index in [1.54, 1.807) is 5.57 Å². The third-order valence-electron chi connectivity index (χ3n) is 4.23. The van der Waals surface area contributed by atoms with E-state index in [4.69, 9.17) is 9.90 Å². The van der Waals surface area contributed by atoms with Crippen molar-refractivity contribution < 1.29 is 9.90 Å². The first kappa shape index (κ1) is 21.2. The zero-order valence-corrected chi connectivity index (χ0v) is 15.5. The van der Waals surface area contributed by atoms with Gasteiger partial charge < -0.3 is 5.11 Å². The van der Waals surface area contributed by atoms with Crippen LogP contribution in [0.25, 0.3) is 0 Å². The predicted molar refractivity (Wildman–Crippen MR) is 100 cm³/mol. The topological polar surface area (TPSA) is 37.3 Å². The standard InChI is InChI=1S/C20H30.CH2O2/c1-7-16(2)10-8-11-17(3)13-14-19-18(4)12-9-15-20(19,5)6;2-1-3/h7-8,10-11,13-14H,9,12,15H2,1-6H3;1H,(H,2,3)/b10-8+,14-13+,16-7+,17-11-;. The van der Waals surface area contributed by atoms with Gasteiger partial charge in [0, 0.05) is 0 Å². The van der Waals surface area contributed by atoms with Crippen LogP contribution in [0.3, 0.4) is 0 Å². The molecular weight excluding hydrogens is 284 g/mol. The van der Waals surface area contributed by atoms with Crippen molar-refractivity contribution in [3.63, 3.8) is 0 Å². The van der Waals surface area contributed by atoms with E-state index in [2.05, 4.69) is 78.0 Å². The quantitative estimate of drug-likeness (QED) is 0.492. The molecule has 2 heteroatoms. The van der Waals surface area contributed by atoms with E-state index in [1.165, 1.54) is 36.0 Å². The third kappa shape index (κ3) is 8.39. The number of rotatable bonds is 4. The maximum absolute atomic E-state index is 8.36. The van der Waals surface area contributed by atoms with E-state index in [0.29, 0.717) is 5.41 Å². The number of hydrogen-bond donors (Lipinski definition) is 1. The monoisotopic (exact) mass is 316 g/mol. The number of carboxylic acid groups (broad SMARTS) is 1. The summed E-state index contributed by atoms with van der Waals surface area (Å²) in [5.41, 5.74) is 6.02. The molecule has 0 spiro atoms. The van der Waals surface area contributed by atoms with Crippen LogP contribution in [0.4, 0.5) is 0 Å². The van der Waals surface area contributed by atoms with Crippen molar-refractivity contribution >= 4 is 6.47 Å². The predicted octanol–water partition coefficient (Wildman–Crippen LogP) is 6.24. The normalized spacial score (nSPS) is 19.0. The highest BCUT2D eigenvalue weighted by molar-refractivity contribution is 5.37. The van der Waals surface area contributed by atoms with Crippen LogP contribution < -0.4 is 0 Å². The second-order valence-electron chi connectivity index (χ2n) is 6.67. The van der Waals surface area contributed by atoms with Crippen molar-refractivity contribution in [2.75, 3.05) is 0 Å². The van der Waals surface area contributed by atoms with Gasteiger partial charge in [0.05, 0.1) is 0 Å². The fourth-order valence-corrected chi connectivity index (χ4v) is 2.73. The Morgan fingerprint density at radius 3 is 2.30 bits per heavy atom. The summed E-state index contributed by atoms with van der Waals surface area (Å²) in [5.74, 6) is 0. The van der Waals surface area contributed by atoms with Crippen LogP contribution in [0.5, 0.6) is 0 Å². The Kier molecular flexibility index (Phi) is 9.96. The number of carbonyl (C=O) groups is 1. The minimum atomic E-state index is -0.250. The molecule has 128 valence electrons. The van der Waals surface area contributed by atoms with E-state index in [-0.39, 0.29) is 6.47 Å². The molecule has 1 N–H and O–H groups in total. The first-order chi connectivity index (χ1) is 10.8. The van der Waals surface area contributed by atoms with Gasteiger partial charge in [-0.1, -0.05) is 67.0 Å². The second-order valence-corrected chi connectivity index (χ2v) is 6.67. The SMILES string of the molecule is C/C=C(C)/C=C/C=C(C)\C=C\C1=C(C)CCCC1(C)C.O=CO. The molecule has 0 aromatic heterocycles. The van der Waals surface area contributed by atoms with E-state index < -0.39 is 0 Å². The largest absolute Gasteiger partial charge is 0.483 e. The van der Waals surface area contributed by atoms with Gasteiger partial charge in [0.2, 0.25) is 0 Å². The van der Waals surface area contributed by atoms with Gasteiger partial charge in [0.15, 0.2) is 0 Å². The van der Waals surface area contributed by atoms with Crippen molar-refractivity contribution in [2.45, 2.75) is 60.8 Å². The molecule has 1 aliphatic rings. The Labute approximate surface area is 142 Å². The average molecular weight is 316 g/mol. The van der Waals surface area contributed by atoms with Crippen LogP contribution in [0, 0.1) is 5.41 Å². The maximum atomic E-state index is 8.36. The van der Waals surface area contributed by atoms with Crippen LogP contribution in [-0.2, 0) is 4.79 Å². The fourth-order valence-electron chi connectivity index (χ4n) is 2.73. The molecule has 0 saturated heterocycles. The van der Waals surface area contributed by atoms with Crippen LogP contribution in [0.1, 0.15) is 60.8 Å². The smallest absolute Gasteiger partial charge is 0.290 e. The Hall–Kier alpha value is -1.83. The van der Waals surface area contributed by atoms with Crippen molar-refractivity contribution in [3.05, 3.63) is 58.7 Å². The van der Waals surface area contributed by atoms with Crippen molar-refractivity contribution in [3.8, 4) is 0 Å². The molecule has 0 aliphatic heterocycles. The first-order valence-corrected chi connectivity index (χ1v) is 8.22. The van der Waals surface area contributed by atoms with E-state index in [0.717, 1.165) is 0 Å². The molecule has 0 radical (unpaired) electrons. The van der Waals surface area contributed by atoms with Crippen LogP contribution in [0.2, 0.25) is 0 Å². The summed E-state index contributed by atoms with van der Waals surface area (Å²) in [7, 11) is 0. The van der Waals surface area contributed by atoms with Crippen molar-refractivity contribution in [1.82, 2.24) is 0 Å². The molecule has 0 bridgehead atoms. The first-order valence-electron chi connectivity index (χ1n) is 8.22. The van der Waals surface area contributed by atoms with E-state index >= 15 is 0 Å². The Balaban J connectivity index is 0.00000149. The molecule has 23 heavy (non-hydrogen) atoms. The fraction of sp³-hybridized carbons (Fsp3) is 0.476. The number of hydrogen-bond acceptors (Lipinski definition) is 1. The molecular formula is C21H32O2. The van der Waals surface area contributed by atoms with Gasteiger partial charge in [-0.3, -0.25) is 4.79 Å². The summed E-state index contributed by atoms with van der Waals surface area (Å²) in [6.07, 6.45) is 17.0. The molecule has 0 fully saturated rings. The molecule has 0 heterocycles. The van der Waals surface area contributed by atoms with Gasteiger partial charge in [0.25, 0.3) is 6.47 Å². The van der Waals surface area contributed by atoms with Crippen LogP contribution in [-0.4, -0.2) is 11.6 Å². The maximum Gasteiger partial charge on any atom is 0.290 e. The second kappa shape index (κ2) is 10.8.